The number of rotatable bonds is 9. The van der Waals surface area contributed by atoms with E-state index in [4.69, 9.17) is 29.7 Å². The first-order chi connectivity index (χ1) is 20.7. The normalized spacial score (nSPS) is 16.6. The van der Waals surface area contributed by atoms with Crippen LogP contribution in [0.15, 0.2) is 42.6 Å². The lowest BCUT2D eigenvalue weighted by Gasteiger charge is -2.35. The summed E-state index contributed by atoms with van der Waals surface area (Å²) in [6, 6.07) is 11.3. The van der Waals surface area contributed by atoms with Crippen LogP contribution < -0.4 is 20.1 Å². The number of nitrogens with one attached hydrogen (secondary N) is 1. The van der Waals surface area contributed by atoms with Gasteiger partial charge in [-0.25, -0.2) is 32.7 Å². The van der Waals surface area contributed by atoms with E-state index in [1.807, 2.05) is 6.92 Å². The summed E-state index contributed by atoms with van der Waals surface area (Å²) in [5.74, 6) is 0.509. The highest BCUT2D eigenvalue weighted by Gasteiger charge is 2.27. The molecule has 14 heteroatoms. The van der Waals surface area contributed by atoms with Gasteiger partial charge in [0.15, 0.2) is 5.82 Å². The zero-order chi connectivity index (χ0) is 30.7. The largest absolute Gasteiger partial charge is 0.494 e. The second-order valence-electron chi connectivity index (χ2n) is 9.94. The molecule has 0 saturated carbocycles. The first-order valence-corrected chi connectivity index (χ1v) is 14.5. The van der Waals surface area contributed by atoms with Crippen LogP contribution >= 0.6 is 0 Å². The number of hydrogen-bond donors (Lipinski definition) is 3. The minimum Gasteiger partial charge on any atom is -0.494 e. The highest BCUT2D eigenvalue weighted by atomic mass is 32.2. The Morgan fingerprint density at radius 2 is 2.14 bits per heavy atom. The zero-order valence-electron chi connectivity index (χ0n) is 23.4. The molecule has 4 N–H and O–H groups in total. The molecular formula is C29H29F2N7O4S. The lowest BCUT2D eigenvalue weighted by Crippen LogP contribution is -2.44. The Labute approximate surface area is 249 Å². The molecule has 0 aliphatic carbocycles. The molecule has 5 rings (SSSR count). The van der Waals surface area contributed by atoms with Crippen molar-refractivity contribution in [1.82, 2.24) is 19.7 Å². The fourth-order valence-corrected chi connectivity index (χ4v) is 5.36. The Morgan fingerprint density at radius 3 is 2.86 bits per heavy atom. The number of fused-ring (bicyclic) bond motifs is 1. The molecule has 0 bridgehead atoms. The van der Waals surface area contributed by atoms with E-state index < -0.39 is 23.3 Å². The summed E-state index contributed by atoms with van der Waals surface area (Å²) < 4.78 is 64.2. The van der Waals surface area contributed by atoms with Gasteiger partial charge in [0, 0.05) is 35.8 Å². The molecule has 11 nitrogen and oxygen atoms in total. The minimum atomic E-state index is -2.29. The predicted molar refractivity (Wildman–Crippen MR) is 159 cm³/mol. The number of halogens is 2. The Bertz CT molecular complexity index is 1740. The van der Waals surface area contributed by atoms with Gasteiger partial charge in [0.25, 0.3) is 0 Å². The zero-order valence-corrected chi connectivity index (χ0v) is 24.2. The van der Waals surface area contributed by atoms with Crippen molar-refractivity contribution in [3.63, 3.8) is 0 Å². The first kappa shape index (κ1) is 30.2. The van der Waals surface area contributed by atoms with E-state index in [1.165, 1.54) is 25.4 Å². The van der Waals surface area contributed by atoms with Crippen molar-refractivity contribution in [1.29, 1.82) is 5.26 Å². The number of hydrogen-bond acceptors (Lipinski definition) is 9. The van der Waals surface area contributed by atoms with Crippen molar-refractivity contribution >= 4 is 33.8 Å². The van der Waals surface area contributed by atoms with E-state index in [-0.39, 0.29) is 47.3 Å². The smallest absolute Gasteiger partial charge is 0.231 e. The van der Waals surface area contributed by atoms with E-state index in [1.54, 1.807) is 24.3 Å². The molecule has 1 fully saturated rings. The number of anilines is 2. The van der Waals surface area contributed by atoms with E-state index in [0.717, 1.165) is 0 Å². The summed E-state index contributed by atoms with van der Waals surface area (Å²) in [4.78, 5) is 15.8. The van der Waals surface area contributed by atoms with Gasteiger partial charge >= 0.3 is 0 Å². The number of alkyl halides is 1. The lowest BCUT2D eigenvalue weighted by molar-refractivity contribution is 0.0987. The predicted octanol–water partition coefficient (Wildman–Crippen LogP) is 4.31. The number of nitrogens with two attached hydrogens (primary N) is 1. The number of morpholine rings is 1. The molecule has 0 radical (unpaired) electrons. The third kappa shape index (κ3) is 6.25. The Balaban J connectivity index is 1.69. The molecule has 2 aromatic heterocycles. The Hall–Kier alpha value is -4.29. The number of methoxy groups -OCH3 is 1. The summed E-state index contributed by atoms with van der Waals surface area (Å²) in [6.45, 7) is 3.31. The maximum atomic E-state index is 15.8. The summed E-state index contributed by atoms with van der Waals surface area (Å²) in [5, 5.41) is 10.3. The van der Waals surface area contributed by atoms with Crippen LogP contribution in [0.2, 0.25) is 0 Å². The molecule has 1 aliphatic rings. The number of pyridine rings is 1. The first-order valence-electron chi connectivity index (χ1n) is 13.4. The number of nitrogen functional groups attached to an aromatic ring is 1. The quantitative estimate of drug-likeness (QED) is 0.233. The number of benzene rings is 2. The average molecular weight is 610 g/mol. The highest BCUT2D eigenvalue weighted by molar-refractivity contribution is 7.77. The summed E-state index contributed by atoms with van der Waals surface area (Å²) >= 11 is -2.29. The van der Waals surface area contributed by atoms with Gasteiger partial charge in [0.1, 0.15) is 41.0 Å². The van der Waals surface area contributed by atoms with Crippen LogP contribution in [0.3, 0.4) is 0 Å². The van der Waals surface area contributed by atoms with Crippen molar-refractivity contribution in [3.05, 3.63) is 59.5 Å². The molecule has 43 heavy (non-hydrogen) atoms. The molecular weight excluding hydrogens is 580 g/mol. The number of aromatic nitrogens is 3. The van der Waals surface area contributed by atoms with Crippen molar-refractivity contribution < 1.29 is 27.0 Å². The fraction of sp³-hybridized carbons (Fsp3) is 0.310. The van der Waals surface area contributed by atoms with Crippen molar-refractivity contribution in [2.24, 2.45) is 0 Å². The van der Waals surface area contributed by atoms with Gasteiger partial charge in [-0.15, -0.1) is 0 Å². The van der Waals surface area contributed by atoms with Crippen LogP contribution in [0.25, 0.3) is 33.4 Å². The van der Waals surface area contributed by atoms with Crippen LogP contribution in [-0.4, -0.2) is 63.2 Å². The number of ether oxygens (including phenoxy) is 2. The molecule has 3 heterocycles. The van der Waals surface area contributed by atoms with Gasteiger partial charge in [-0.05, 0) is 37.1 Å². The third-order valence-electron chi connectivity index (χ3n) is 7.19. The topological polar surface area (TPSA) is 160 Å². The molecule has 224 valence electrons. The minimum absolute atomic E-state index is 0.0662. The molecule has 3 unspecified atom stereocenters. The van der Waals surface area contributed by atoms with Crippen LogP contribution in [0.1, 0.15) is 30.6 Å². The highest BCUT2D eigenvalue weighted by Crippen LogP contribution is 2.40. The Morgan fingerprint density at radius 1 is 1.33 bits per heavy atom. The molecule has 0 spiro atoms. The Kier molecular flexibility index (Phi) is 9.07. The van der Waals surface area contributed by atoms with Gasteiger partial charge < -0.3 is 20.1 Å². The number of nitriles is 1. The summed E-state index contributed by atoms with van der Waals surface area (Å²) in [6.07, 6.45) is -0.463. The SMILES string of the molecule is COc1cc(-c2cccc(C(F)CCNS(=O)O)c2F)cc2c(N3CCOCC3C)nc(-c3cnc(N)cc3C#N)nc12. The van der Waals surface area contributed by atoms with Gasteiger partial charge in [-0.3, -0.25) is 4.55 Å². The summed E-state index contributed by atoms with van der Waals surface area (Å²) in [7, 11) is 1.46. The molecule has 1 aliphatic heterocycles. The van der Waals surface area contributed by atoms with E-state index in [9.17, 15) is 9.47 Å². The van der Waals surface area contributed by atoms with E-state index in [2.05, 4.69) is 20.7 Å². The van der Waals surface area contributed by atoms with Crippen LogP contribution in [0.5, 0.6) is 5.75 Å². The maximum Gasteiger partial charge on any atom is 0.231 e. The average Bonchev–Trinajstić information content (AvgIpc) is 3.00. The fourth-order valence-electron chi connectivity index (χ4n) is 5.06. The van der Waals surface area contributed by atoms with Gasteiger partial charge in [0.2, 0.25) is 11.3 Å². The van der Waals surface area contributed by atoms with Crippen molar-refractivity contribution in [3.8, 4) is 34.3 Å². The molecule has 1 saturated heterocycles. The summed E-state index contributed by atoms with van der Waals surface area (Å²) in [5.41, 5.74) is 7.25. The standard InChI is InChI=1S/C29H29F2N7O4S/c1-16-15-42-9-8-38(16)29-21-10-17(19-4-3-5-20(26(19)31)23(30)6-7-35-43(39)40)11-24(41-2)27(21)36-28(37-29)22-14-34-25(33)12-18(22)13-32/h3-5,10-12,14,16,23,35H,6-9,15H2,1-2H3,(H2,33,34)(H,39,40). The van der Waals surface area contributed by atoms with Crippen molar-refractivity contribution in [2.45, 2.75) is 25.6 Å². The van der Waals surface area contributed by atoms with E-state index >= 15 is 8.78 Å². The maximum absolute atomic E-state index is 15.8. The van der Waals surface area contributed by atoms with Crippen LogP contribution in [0.4, 0.5) is 20.4 Å². The van der Waals surface area contributed by atoms with Gasteiger partial charge in [-0.1, -0.05) is 18.2 Å². The monoisotopic (exact) mass is 609 g/mol. The lowest BCUT2D eigenvalue weighted by atomic mass is 9.97. The van der Waals surface area contributed by atoms with Gasteiger partial charge in [-0.2, -0.15) is 5.26 Å². The van der Waals surface area contributed by atoms with E-state index in [0.29, 0.717) is 53.4 Å². The molecule has 0 amide bonds. The molecule has 4 aromatic rings. The number of nitrogens with zero attached hydrogens (tertiary/aromatic N) is 5. The second-order valence-corrected chi connectivity index (χ2v) is 10.7. The molecule has 2 aromatic carbocycles. The van der Waals surface area contributed by atoms with Gasteiger partial charge in [0.05, 0.1) is 37.5 Å². The van der Waals surface area contributed by atoms with Crippen molar-refractivity contribution in [2.75, 3.05) is 44.0 Å². The third-order valence-corrected chi connectivity index (χ3v) is 7.64. The van der Waals surface area contributed by atoms with Crippen LogP contribution in [-0.2, 0) is 16.0 Å². The molecule has 3 atom stereocenters. The van der Waals surface area contributed by atoms with Crippen LogP contribution in [0, 0.1) is 17.1 Å². The second kappa shape index (κ2) is 12.9.